The van der Waals surface area contributed by atoms with E-state index in [1.54, 1.807) is 10.9 Å². The third-order valence-electron chi connectivity index (χ3n) is 3.08. The molecule has 2 aromatic heterocycles. The van der Waals surface area contributed by atoms with Crippen LogP contribution in [-0.4, -0.2) is 30.3 Å². The zero-order valence-electron chi connectivity index (χ0n) is 11.0. The molecule has 0 radical (unpaired) electrons. The van der Waals surface area contributed by atoms with Crippen LogP contribution in [0.3, 0.4) is 0 Å². The fourth-order valence-corrected chi connectivity index (χ4v) is 2.06. The van der Waals surface area contributed by atoms with Crippen LogP contribution in [0.4, 0.5) is 0 Å². The topological polar surface area (TPSA) is 65.6 Å². The van der Waals surface area contributed by atoms with Gasteiger partial charge in [0, 0.05) is 0 Å². The smallest absolute Gasteiger partial charge is 0.187 e. The number of nitrogens with zero attached hydrogens (tertiary/aromatic N) is 5. The van der Waals surface area contributed by atoms with Crippen molar-refractivity contribution >= 4 is 5.78 Å². The molecule has 6 nitrogen and oxygen atoms in total. The first kappa shape index (κ1) is 12.3. The second kappa shape index (κ2) is 5.08. The molecule has 0 saturated carbocycles. The van der Waals surface area contributed by atoms with Gasteiger partial charge in [-0.05, 0) is 19.1 Å². The summed E-state index contributed by atoms with van der Waals surface area (Å²) in [6.45, 7) is 2.05. The highest BCUT2D eigenvalue weighted by Crippen LogP contribution is 2.14. The maximum Gasteiger partial charge on any atom is 0.187 e. The molecule has 0 aliphatic rings. The van der Waals surface area contributed by atoms with Crippen molar-refractivity contribution in [1.29, 1.82) is 0 Å². The molecule has 0 aliphatic heterocycles. The molecular weight excluding hydrogens is 254 g/mol. The second-order valence-electron chi connectivity index (χ2n) is 4.41. The van der Waals surface area contributed by atoms with Gasteiger partial charge >= 0.3 is 0 Å². The highest BCUT2D eigenvalue weighted by Gasteiger charge is 2.15. The predicted molar refractivity (Wildman–Crippen MR) is 72.7 cm³/mol. The van der Waals surface area contributed by atoms with Gasteiger partial charge in [0.25, 0.3) is 0 Å². The molecule has 0 spiro atoms. The molecule has 0 fully saturated rings. The van der Waals surface area contributed by atoms with Gasteiger partial charge in [0.15, 0.2) is 5.78 Å². The van der Waals surface area contributed by atoms with Crippen LogP contribution in [-0.2, 0) is 6.54 Å². The fourth-order valence-electron chi connectivity index (χ4n) is 2.06. The average molecular weight is 267 g/mol. The molecule has 2 heterocycles. The molecule has 3 aromatic rings. The van der Waals surface area contributed by atoms with Gasteiger partial charge < -0.3 is 0 Å². The maximum atomic E-state index is 12.2. The minimum absolute atomic E-state index is 0.0322. The summed E-state index contributed by atoms with van der Waals surface area (Å²) >= 11 is 0. The summed E-state index contributed by atoms with van der Waals surface area (Å²) in [6, 6.07) is 9.72. The number of hydrogen-bond donors (Lipinski definition) is 0. The van der Waals surface area contributed by atoms with E-state index in [4.69, 9.17) is 0 Å². The maximum absolute atomic E-state index is 12.2. The molecular formula is C14H13N5O. The van der Waals surface area contributed by atoms with Crippen LogP contribution in [0, 0.1) is 6.92 Å². The molecule has 0 aliphatic carbocycles. The molecule has 3 rings (SSSR count). The molecule has 0 atom stereocenters. The highest BCUT2D eigenvalue weighted by atomic mass is 16.1. The summed E-state index contributed by atoms with van der Waals surface area (Å²) in [5, 5.41) is 8.22. The van der Waals surface area contributed by atoms with Crippen molar-refractivity contribution in [2.75, 3.05) is 0 Å². The predicted octanol–water partition coefficient (Wildman–Crippen LogP) is 1.66. The number of ketones is 1. The second-order valence-corrected chi connectivity index (χ2v) is 4.41. The van der Waals surface area contributed by atoms with E-state index in [1.165, 1.54) is 17.3 Å². The van der Waals surface area contributed by atoms with Crippen LogP contribution in [0.1, 0.15) is 16.1 Å². The van der Waals surface area contributed by atoms with Gasteiger partial charge in [-0.15, -0.1) is 0 Å². The van der Waals surface area contributed by atoms with Crippen molar-refractivity contribution < 1.29 is 4.79 Å². The number of para-hydroxylation sites is 1. The van der Waals surface area contributed by atoms with Crippen molar-refractivity contribution in [3.63, 3.8) is 0 Å². The Balaban J connectivity index is 1.89. The third kappa shape index (κ3) is 2.23. The molecule has 100 valence electrons. The minimum Gasteiger partial charge on any atom is -0.292 e. The SMILES string of the molecule is Cc1c(C(=O)Cn2cncn2)cnn1-c1ccccc1. The first-order valence-corrected chi connectivity index (χ1v) is 6.21. The van der Waals surface area contributed by atoms with Gasteiger partial charge in [-0.1, -0.05) is 18.2 Å². The Morgan fingerprint density at radius 2 is 2.00 bits per heavy atom. The lowest BCUT2D eigenvalue weighted by Gasteiger charge is -2.05. The van der Waals surface area contributed by atoms with Crippen LogP contribution in [0.25, 0.3) is 5.69 Å². The van der Waals surface area contributed by atoms with Crippen LogP contribution >= 0.6 is 0 Å². The van der Waals surface area contributed by atoms with Crippen LogP contribution in [0.15, 0.2) is 49.2 Å². The zero-order chi connectivity index (χ0) is 13.9. The van der Waals surface area contributed by atoms with E-state index in [2.05, 4.69) is 15.2 Å². The average Bonchev–Trinajstić information content (AvgIpc) is 3.09. The summed E-state index contributed by atoms with van der Waals surface area (Å²) in [6.07, 6.45) is 4.53. The van der Waals surface area contributed by atoms with Crippen LogP contribution < -0.4 is 0 Å². The number of benzene rings is 1. The van der Waals surface area contributed by atoms with Crippen LogP contribution in [0.5, 0.6) is 0 Å². The van der Waals surface area contributed by atoms with Crippen molar-refractivity contribution in [1.82, 2.24) is 24.5 Å². The molecule has 0 N–H and O–H groups in total. The van der Waals surface area contributed by atoms with E-state index in [1.807, 2.05) is 37.3 Å². The van der Waals surface area contributed by atoms with Gasteiger partial charge in [-0.2, -0.15) is 10.2 Å². The minimum atomic E-state index is -0.0322. The monoisotopic (exact) mass is 267 g/mol. The van der Waals surface area contributed by atoms with Crippen LogP contribution in [0.2, 0.25) is 0 Å². The number of hydrogen-bond acceptors (Lipinski definition) is 4. The number of carbonyl (C=O) groups excluding carboxylic acids is 1. The van der Waals surface area contributed by atoms with E-state index in [0.29, 0.717) is 5.56 Å². The summed E-state index contributed by atoms with van der Waals surface area (Å²) in [5.74, 6) is -0.0322. The summed E-state index contributed by atoms with van der Waals surface area (Å²) < 4.78 is 3.26. The Bertz CT molecular complexity index is 715. The quantitative estimate of drug-likeness (QED) is 0.674. The van der Waals surface area contributed by atoms with Crippen molar-refractivity contribution in [3.05, 3.63) is 60.4 Å². The van der Waals surface area contributed by atoms with E-state index in [0.717, 1.165) is 11.4 Å². The number of aromatic nitrogens is 5. The molecule has 0 unspecified atom stereocenters. The van der Waals surface area contributed by atoms with Crippen molar-refractivity contribution in [2.45, 2.75) is 13.5 Å². The van der Waals surface area contributed by atoms with Gasteiger partial charge in [-0.3, -0.25) is 4.79 Å². The number of Topliss-reactive ketones (excluding diaryl/α,β-unsaturated/α-hetero) is 1. The Labute approximate surface area is 115 Å². The lowest BCUT2D eigenvalue weighted by molar-refractivity contribution is 0.0967. The van der Waals surface area contributed by atoms with Gasteiger partial charge in [-0.25, -0.2) is 14.3 Å². The van der Waals surface area contributed by atoms with E-state index >= 15 is 0 Å². The molecule has 20 heavy (non-hydrogen) atoms. The Kier molecular flexibility index (Phi) is 3.12. The fraction of sp³-hybridized carbons (Fsp3) is 0.143. The van der Waals surface area contributed by atoms with Gasteiger partial charge in [0.2, 0.25) is 0 Å². The normalized spacial score (nSPS) is 10.7. The lowest BCUT2D eigenvalue weighted by atomic mass is 10.1. The van der Waals surface area contributed by atoms with Gasteiger partial charge in [0.05, 0.1) is 23.1 Å². The molecule has 1 aromatic carbocycles. The first-order chi connectivity index (χ1) is 9.75. The van der Waals surface area contributed by atoms with E-state index in [9.17, 15) is 4.79 Å². The zero-order valence-corrected chi connectivity index (χ0v) is 11.0. The molecule has 0 bridgehead atoms. The highest BCUT2D eigenvalue weighted by molar-refractivity contribution is 5.96. The van der Waals surface area contributed by atoms with Crippen molar-refractivity contribution in [2.24, 2.45) is 0 Å². The Morgan fingerprint density at radius 3 is 2.70 bits per heavy atom. The summed E-state index contributed by atoms with van der Waals surface area (Å²) in [4.78, 5) is 16.1. The standard InChI is InChI=1S/C14H13N5O/c1-11-13(14(20)8-18-10-15-9-17-18)7-16-19(11)12-5-3-2-4-6-12/h2-7,9-10H,8H2,1H3. The Morgan fingerprint density at radius 1 is 1.20 bits per heavy atom. The summed E-state index contributed by atoms with van der Waals surface area (Å²) in [7, 11) is 0. The largest absolute Gasteiger partial charge is 0.292 e. The Hall–Kier alpha value is -2.76. The third-order valence-corrected chi connectivity index (χ3v) is 3.08. The number of rotatable bonds is 4. The summed E-state index contributed by atoms with van der Waals surface area (Å²) in [5.41, 5.74) is 2.36. The van der Waals surface area contributed by atoms with E-state index in [-0.39, 0.29) is 12.3 Å². The molecule has 0 amide bonds. The van der Waals surface area contributed by atoms with E-state index < -0.39 is 0 Å². The van der Waals surface area contributed by atoms with Crippen molar-refractivity contribution in [3.8, 4) is 5.69 Å². The number of carbonyl (C=O) groups is 1. The molecule has 0 saturated heterocycles. The lowest BCUT2D eigenvalue weighted by Crippen LogP contribution is -2.12. The van der Waals surface area contributed by atoms with Gasteiger partial charge in [0.1, 0.15) is 19.2 Å². The first-order valence-electron chi connectivity index (χ1n) is 6.21. The molecule has 6 heteroatoms.